The summed E-state index contributed by atoms with van der Waals surface area (Å²) in [7, 11) is 4.60. The second kappa shape index (κ2) is 9.95. The summed E-state index contributed by atoms with van der Waals surface area (Å²) >= 11 is 0. The maximum atomic E-state index is 10.5. The highest BCUT2D eigenvalue weighted by Gasteiger charge is 2.44. The summed E-state index contributed by atoms with van der Waals surface area (Å²) in [4.78, 5) is 12.8. The van der Waals surface area contributed by atoms with Crippen molar-refractivity contribution in [2.75, 3.05) is 33.3 Å². The van der Waals surface area contributed by atoms with E-state index in [4.69, 9.17) is 18.9 Å². The smallest absolute Gasteiger partial charge is 0.203 e. The number of methoxy groups -OCH3 is 3. The van der Waals surface area contributed by atoms with Crippen LogP contribution in [0.5, 0.6) is 17.2 Å². The van der Waals surface area contributed by atoms with Crippen molar-refractivity contribution < 1.29 is 39.4 Å². The van der Waals surface area contributed by atoms with E-state index in [-0.39, 0.29) is 0 Å². The average Bonchev–Trinajstić information content (AvgIpc) is 3.30. The number of imidazole rings is 1. The molecule has 3 aromatic rings. The quantitative estimate of drug-likeness (QED) is 0.280. The zero-order valence-electron chi connectivity index (χ0n) is 18.8. The molecule has 1 aromatic carbocycles. The Balaban J connectivity index is 1.61. The molecule has 0 aliphatic carbocycles. The first kappa shape index (κ1) is 23.9. The predicted octanol–water partition coefficient (Wildman–Crippen LogP) is -0.563. The van der Waals surface area contributed by atoms with E-state index in [1.165, 1.54) is 38.6 Å². The number of aliphatic hydroxyl groups excluding tert-OH is 4. The third-order valence-corrected chi connectivity index (χ3v) is 5.68. The van der Waals surface area contributed by atoms with E-state index < -0.39 is 37.3 Å². The third kappa shape index (κ3) is 4.19. The highest BCUT2D eigenvalue weighted by atomic mass is 16.6. The second-order valence-corrected chi connectivity index (χ2v) is 7.65. The SMILES string of the molecule is COc1cc(CNc2ncnc3c2ncn3C2O[C@H](CO)[C@@H](O)[C@H](O)[C@H]2O)cc(OC)c1OC. The van der Waals surface area contributed by atoms with Gasteiger partial charge in [-0.05, 0) is 17.7 Å². The molecule has 1 fully saturated rings. The Labute approximate surface area is 194 Å². The van der Waals surface area contributed by atoms with Crippen LogP contribution in [0.1, 0.15) is 11.8 Å². The lowest BCUT2D eigenvalue weighted by molar-refractivity contribution is -0.250. The van der Waals surface area contributed by atoms with E-state index in [9.17, 15) is 20.4 Å². The summed E-state index contributed by atoms with van der Waals surface area (Å²) < 4.78 is 23.2. The molecule has 0 saturated carbocycles. The Bertz CT molecular complexity index is 1110. The molecule has 5 N–H and O–H groups in total. The lowest BCUT2D eigenvalue weighted by Crippen LogP contribution is -2.56. The topological polar surface area (TPSA) is 173 Å². The van der Waals surface area contributed by atoms with Crippen LogP contribution in [0, 0.1) is 0 Å². The minimum absolute atomic E-state index is 0.326. The largest absolute Gasteiger partial charge is 0.493 e. The van der Waals surface area contributed by atoms with Crippen LogP contribution >= 0.6 is 0 Å². The van der Waals surface area contributed by atoms with Crippen LogP contribution in [0.15, 0.2) is 24.8 Å². The van der Waals surface area contributed by atoms with Crippen LogP contribution in [0.4, 0.5) is 5.82 Å². The molecule has 0 spiro atoms. The number of benzene rings is 1. The molecule has 34 heavy (non-hydrogen) atoms. The first-order valence-electron chi connectivity index (χ1n) is 10.4. The van der Waals surface area contributed by atoms with Crippen molar-refractivity contribution in [3.63, 3.8) is 0 Å². The zero-order valence-corrected chi connectivity index (χ0v) is 18.8. The van der Waals surface area contributed by atoms with Gasteiger partial charge in [-0.15, -0.1) is 0 Å². The van der Waals surface area contributed by atoms with E-state index in [0.717, 1.165) is 5.56 Å². The lowest BCUT2D eigenvalue weighted by Gasteiger charge is -2.40. The molecule has 0 amide bonds. The molecule has 184 valence electrons. The summed E-state index contributed by atoms with van der Waals surface area (Å²) in [6.45, 7) is -0.194. The van der Waals surface area contributed by atoms with Gasteiger partial charge in [-0.2, -0.15) is 0 Å². The summed E-state index contributed by atoms with van der Waals surface area (Å²) in [6.07, 6.45) is -3.93. The van der Waals surface area contributed by atoms with Crippen molar-refractivity contribution in [1.29, 1.82) is 0 Å². The van der Waals surface area contributed by atoms with Gasteiger partial charge in [0, 0.05) is 6.54 Å². The average molecular weight is 477 g/mol. The van der Waals surface area contributed by atoms with Crippen molar-refractivity contribution in [1.82, 2.24) is 19.5 Å². The van der Waals surface area contributed by atoms with E-state index >= 15 is 0 Å². The van der Waals surface area contributed by atoms with Gasteiger partial charge in [0.15, 0.2) is 34.7 Å². The van der Waals surface area contributed by atoms with Gasteiger partial charge in [0.1, 0.15) is 30.7 Å². The van der Waals surface area contributed by atoms with E-state index in [1.807, 2.05) is 0 Å². The van der Waals surface area contributed by atoms with E-state index in [1.54, 1.807) is 12.1 Å². The highest BCUT2D eigenvalue weighted by Crippen LogP contribution is 2.38. The number of aromatic nitrogens is 4. The van der Waals surface area contributed by atoms with Gasteiger partial charge in [0.2, 0.25) is 5.75 Å². The number of hydrogen-bond acceptors (Lipinski definition) is 12. The molecule has 13 heteroatoms. The number of anilines is 1. The number of nitrogens with one attached hydrogen (secondary N) is 1. The minimum atomic E-state index is -1.52. The number of fused-ring (bicyclic) bond motifs is 1. The molecule has 0 radical (unpaired) electrons. The molecule has 13 nitrogen and oxygen atoms in total. The fraction of sp³-hybridized carbons (Fsp3) is 0.476. The summed E-state index contributed by atoms with van der Waals surface area (Å²) in [6, 6.07) is 3.61. The van der Waals surface area contributed by atoms with Gasteiger partial charge >= 0.3 is 0 Å². The molecule has 0 bridgehead atoms. The normalized spacial score (nSPS) is 24.7. The van der Waals surface area contributed by atoms with Crippen molar-refractivity contribution >= 4 is 17.0 Å². The Morgan fingerprint density at radius 1 is 0.971 bits per heavy atom. The molecule has 1 aliphatic rings. The maximum absolute atomic E-state index is 10.5. The van der Waals surface area contributed by atoms with Crippen LogP contribution in [0.2, 0.25) is 0 Å². The van der Waals surface area contributed by atoms with E-state index in [2.05, 4.69) is 20.3 Å². The van der Waals surface area contributed by atoms with Crippen molar-refractivity contribution in [2.45, 2.75) is 37.2 Å². The Hall–Kier alpha value is -3.23. The number of hydrogen-bond donors (Lipinski definition) is 5. The fourth-order valence-corrected chi connectivity index (χ4v) is 3.90. The lowest BCUT2D eigenvalue weighted by atomic mass is 9.98. The Morgan fingerprint density at radius 3 is 2.29 bits per heavy atom. The first-order valence-corrected chi connectivity index (χ1v) is 10.4. The number of nitrogens with zero attached hydrogens (tertiary/aromatic N) is 4. The van der Waals surface area contributed by atoms with Crippen LogP contribution < -0.4 is 19.5 Å². The number of rotatable bonds is 8. The molecule has 1 unspecified atom stereocenters. The van der Waals surface area contributed by atoms with Crippen molar-refractivity contribution in [3.8, 4) is 17.2 Å². The maximum Gasteiger partial charge on any atom is 0.203 e. The molecule has 5 atom stereocenters. The molecule has 1 aliphatic heterocycles. The molecular formula is C21H27N5O8. The van der Waals surface area contributed by atoms with Crippen LogP contribution in [-0.4, -0.2) is 92.3 Å². The van der Waals surface area contributed by atoms with E-state index in [0.29, 0.717) is 40.8 Å². The van der Waals surface area contributed by atoms with Gasteiger partial charge < -0.3 is 44.7 Å². The van der Waals surface area contributed by atoms with Gasteiger partial charge in [0.05, 0.1) is 34.3 Å². The first-order chi connectivity index (χ1) is 16.4. The van der Waals surface area contributed by atoms with Gasteiger partial charge in [0.25, 0.3) is 0 Å². The second-order valence-electron chi connectivity index (χ2n) is 7.65. The Kier molecular flexibility index (Phi) is 7.00. The third-order valence-electron chi connectivity index (χ3n) is 5.68. The number of ether oxygens (including phenoxy) is 4. The molecule has 1 saturated heterocycles. The standard InChI is InChI=1S/C21H27N5O8/c1-31-11-4-10(5-12(32-2)18(11)33-3)6-22-19-14-20(24-8-23-19)26(9-25-14)21-17(30)16(29)15(28)13(7-27)34-21/h4-5,8-9,13,15-17,21,27-30H,6-7H2,1-3H3,(H,22,23,24)/t13-,15-,16+,17-,21?/m1/s1. The highest BCUT2D eigenvalue weighted by molar-refractivity contribution is 5.82. The summed E-state index contributed by atoms with van der Waals surface area (Å²) in [5, 5.41) is 43.3. The summed E-state index contributed by atoms with van der Waals surface area (Å²) in [5.41, 5.74) is 1.55. The fourth-order valence-electron chi connectivity index (χ4n) is 3.90. The van der Waals surface area contributed by atoms with Crippen molar-refractivity contribution in [3.05, 3.63) is 30.4 Å². The van der Waals surface area contributed by atoms with Crippen LogP contribution in [-0.2, 0) is 11.3 Å². The zero-order chi connectivity index (χ0) is 24.4. The van der Waals surface area contributed by atoms with Crippen molar-refractivity contribution in [2.24, 2.45) is 0 Å². The molecule has 4 rings (SSSR count). The van der Waals surface area contributed by atoms with Gasteiger partial charge in [-0.1, -0.05) is 0 Å². The monoisotopic (exact) mass is 477 g/mol. The molecule has 3 heterocycles. The van der Waals surface area contributed by atoms with Crippen LogP contribution in [0.3, 0.4) is 0 Å². The van der Waals surface area contributed by atoms with Gasteiger partial charge in [-0.3, -0.25) is 4.57 Å². The molecule has 2 aromatic heterocycles. The number of aliphatic hydroxyl groups is 4. The van der Waals surface area contributed by atoms with Gasteiger partial charge in [-0.25, -0.2) is 15.0 Å². The predicted molar refractivity (Wildman–Crippen MR) is 118 cm³/mol. The Morgan fingerprint density at radius 2 is 1.68 bits per heavy atom. The summed E-state index contributed by atoms with van der Waals surface area (Å²) in [5.74, 6) is 1.93. The minimum Gasteiger partial charge on any atom is -0.493 e. The van der Waals surface area contributed by atoms with Crippen LogP contribution in [0.25, 0.3) is 11.2 Å². The molecular weight excluding hydrogens is 450 g/mol.